The second kappa shape index (κ2) is 28.6. The van der Waals surface area contributed by atoms with E-state index in [9.17, 15) is 128 Å². The summed E-state index contributed by atoms with van der Waals surface area (Å²) in [6, 6.07) is 0. The van der Waals surface area contributed by atoms with Crippen molar-refractivity contribution in [1.29, 1.82) is 0 Å². The molecule has 89 heavy (non-hydrogen) atoms. The molecule has 0 bridgehead atoms. The summed E-state index contributed by atoms with van der Waals surface area (Å²) < 4.78 is 86.5. The van der Waals surface area contributed by atoms with Crippen molar-refractivity contribution in [2.45, 2.75) is 213 Å². The fraction of sp³-hybridized carbons (Fsp3) is 1.00. The lowest BCUT2D eigenvalue weighted by molar-refractivity contribution is -0.409. The lowest BCUT2D eigenvalue weighted by Gasteiger charge is -2.45. The molecule has 8 aliphatic heterocycles. The van der Waals surface area contributed by atoms with Crippen LogP contribution in [-0.4, -0.2) is 420 Å². The van der Waals surface area contributed by atoms with Crippen LogP contribution in [0.2, 0.25) is 0 Å². The maximum Gasteiger partial charge on any atom is 0.224 e. The Hall–Kier alpha value is -1.60. The van der Waals surface area contributed by atoms with Gasteiger partial charge in [-0.05, 0) is 0 Å². The summed E-state index contributed by atoms with van der Waals surface area (Å²) in [5.74, 6) is -19.1. The fourth-order valence-corrected chi connectivity index (χ4v) is 11.9. The summed E-state index contributed by atoms with van der Waals surface area (Å²) >= 11 is 0. The first-order chi connectivity index (χ1) is 42.0. The summed E-state index contributed by atoms with van der Waals surface area (Å²) in [6.45, 7) is -14.4. The molecule has 33 atom stereocenters. The predicted molar refractivity (Wildman–Crippen MR) is 268 cm³/mol. The molecule has 0 amide bonds. The van der Waals surface area contributed by atoms with Crippen LogP contribution in [0.3, 0.4) is 0 Å². The maximum absolute atomic E-state index is 12.2. The molecule has 520 valence electrons. The molecule has 8 heterocycles. The highest BCUT2D eigenvalue weighted by Gasteiger charge is 2.67. The van der Waals surface area contributed by atoms with Crippen LogP contribution in [0.4, 0.5) is 0 Å². The molecule has 0 aromatic rings. The Kier molecular flexibility index (Phi) is 23.5. The van der Waals surface area contributed by atoms with Gasteiger partial charge in [-0.25, -0.2) is 0 Å². The molecule has 25 N–H and O–H groups in total. The first-order valence-corrected chi connectivity index (χ1v) is 28.3. The van der Waals surface area contributed by atoms with Gasteiger partial charge in [0.2, 0.25) is 34.7 Å². The van der Waals surface area contributed by atoms with Crippen LogP contribution in [0.5, 0.6) is 0 Å². The van der Waals surface area contributed by atoms with E-state index in [2.05, 4.69) is 0 Å². The van der Waals surface area contributed by atoms with E-state index in [0.717, 1.165) is 0 Å². The minimum Gasteiger partial charge on any atom is -0.394 e. The molecule has 0 spiro atoms. The Bertz CT molecular complexity index is 2260. The third-order valence-corrected chi connectivity index (χ3v) is 17.6. The third kappa shape index (κ3) is 13.0. The highest BCUT2D eigenvalue weighted by molar-refractivity contribution is 5.07. The van der Waals surface area contributed by atoms with Gasteiger partial charge in [0.1, 0.15) is 192 Å². The molecule has 0 aliphatic carbocycles. The van der Waals surface area contributed by atoms with Gasteiger partial charge in [-0.2, -0.15) is 0 Å². The molecule has 0 radical (unpaired) electrons. The van der Waals surface area contributed by atoms with Gasteiger partial charge in [-0.3, -0.25) is 0 Å². The first-order valence-electron chi connectivity index (χ1n) is 28.3. The SMILES string of the molecule is CC[C@@]1(OC[C@H]2O[C@@](CO)(OC[C@H]3O[C@@](CO[C@]4(CO[C@]5(CO[C@]6(CO)O[C@H](CO)[C@@H](O)[C@@H]6O)O[C@H](CO)[C@@H](O)[C@@H]5O)O[C@H](CO)[C@@H](O)[C@@H]4O)(O[C@H]4O[C@H](CO[C@]5(CO)O[C@H](CO)[C@@H](O)[C@@H]5O)[C@@H](O)[C@H](O)[C@H]4O)[C@@H](O)[C@@H]3O)[C@@H](O)[C@@H]2O)O[C@H](CO)[C@@H](O)[C@@H]1O. The minimum absolute atomic E-state index is 0.157. The molecule has 8 rings (SSSR count). The van der Waals surface area contributed by atoms with E-state index in [-0.39, 0.29) is 6.42 Å². The van der Waals surface area contributed by atoms with E-state index in [0.29, 0.717) is 0 Å². The molecule has 0 aromatic heterocycles. The molecular formula is C49H84O40. The number of aliphatic hydroxyl groups is 25. The highest BCUT2D eigenvalue weighted by atomic mass is 16.8. The molecular weight excluding hydrogens is 1230 g/mol. The zero-order chi connectivity index (χ0) is 65.7. The Labute approximate surface area is 503 Å². The van der Waals surface area contributed by atoms with Crippen molar-refractivity contribution in [3.8, 4) is 0 Å². The lowest BCUT2D eigenvalue weighted by Crippen LogP contribution is -2.64. The molecule has 8 saturated heterocycles. The number of aliphatic hydroxyl groups excluding tert-OH is 25. The van der Waals surface area contributed by atoms with Crippen LogP contribution in [0.15, 0.2) is 0 Å². The van der Waals surface area contributed by atoms with Gasteiger partial charge in [0.15, 0.2) is 12.1 Å². The lowest BCUT2D eigenvalue weighted by atomic mass is 9.98. The molecule has 8 aliphatic rings. The van der Waals surface area contributed by atoms with Crippen molar-refractivity contribution < 1.29 is 199 Å². The van der Waals surface area contributed by atoms with Crippen LogP contribution in [0.25, 0.3) is 0 Å². The zero-order valence-corrected chi connectivity index (χ0v) is 47.4. The normalized spacial score (nSPS) is 52.7. The molecule has 0 aromatic carbocycles. The van der Waals surface area contributed by atoms with Crippen LogP contribution < -0.4 is 0 Å². The molecule has 0 saturated carbocycles. The monoisotopic (exact) mass is 1310 g/mol. The van der Waals surface area contributed by atoms with Crippen molar-refractivity contribution in [2.24, 2.45) is 0 Å². The van der Waals surface area contributed by atoms with Gasteiger partial charge < -0.3 is 199 Å². The van der Waals surface area contributed by atoms with Gasteiger partial charge in [-0.15, -0.1) is 0 Å². The molecule has 0 unspecified atom stereocenters. The van der Waals surface area contributed by atoms with E-state index in [1.54, 1.807) is 0 Å². The van der Waals surface area contributed by atoms with Crippen molar-refractivity contribution in [2.75, 3.05) is 92.5 Å². The largest absolute Gasteiger partial charge is 0.394 e. The second-order valence-corrected chi connectivity index (χ2v) is 23.0. The van der Waals surface area contributed by atoms with E-state index in [4.69, 9.17) is 71.1 Å². The van der Waals surface area contributed by atoms with Crippen molar-refractivity contribution >= 4 is 0 Å². The van der Waals surface area contributed by atoms with E-state index in [1.807, 2.05) is 0 Å². The van der Waals surface area contributed by atoms with E-state index >= 15 is 0 Å². The summed E-state index contributed by atoms with van der Waals surface area (Å²) in [4.78, 5) is 0. The van der Waals surface area contributed by atoms with Gasteiger partial charge in [0.05, 0.1) is 52.9 Å². The smallest absolute Gasteiger partial charge is 0.224 e. The van der Waals surface area contributed by atoms with Crippen LogP contribution in [-0.2, 0) is 71.1 Å². The number of ether oxygens (including phenoxy) is 15. The summed E-state index contributed by atoms with van der Waals surface area (Å²) in [5.41, 5.74) is 0. The van der Waals surface area contributed by atoms with E-state index in [1.165, 1.54) is 6.92 Å². The summed E-state index contributed by atoms with van der Waals surface area (Å²) in [5, 5.41) is 271. The van der Waals surface area contributed by atoms with Crippen LogP contribution in [0.1, 0.15) is 13.3 Å². The van der Waals surface area contributed by atoms with Gasteiger partial charge in [0, 0.05) is 6.42 Å². The van der Waals surface area contributed by atoms with Gasteiger partial charge >= 0.3 is 0 Å². The highest BCUT2D eigenvalue weighted by Crippen LogP contribution is 2.46. The van der Waals surface area contributed by atoms with Gasteiger partial charge in [0.25, 0.3) is 0 Å². The second-order valence-electron chi connectivity index (χ2n) is 23.0. The van der Waals surface area contributed by atoms with E-state index < -0.39 is 292 Å². The number of hydrogen-bond donors (Lipinski definition) is 25. The summed E-state index contributed by atoms with van der Waals surface area (Å²) in [7, 11) is 0. The van der Waals surface area contributed by atoms with Crippen molar-refractivity contribution in [3.63, 3.8) is 0 Å². The Morgan fingerprint density at radius 3 is 0.888 bits per heavy atom. The number of rotatable bonds is 29. The van der Waals surface area contributed by atoms with Gasteiger partial charge in [-0.1, -0.05) is 6.92 Å². The standard InChI is InChI=1S/C49H84O40/c1-2-43(35(68)26(59)17(3-50)82-43)75-9-23-31(64)38(71)45(12-56,87-23)77-10-24-32(65)41(74)49(88-24,89-42-34(67)33(66)25(58)22(81-42)8-76-44(11-55)36(69)27(60)18(4-51)83-44)16-80-48(40(73)30(63)21(7-54)86-48)15-79-47(39(72)29(62)20(6-53)85-47)14-78-46(13-57)37(70)28(61)19(5-52)84-46/h17-42,50-74H,2-16H2,1H3/t17-,18-,19-,20-,21-,22-,23-,24-,25-,26-,27-,28-,29-,30-,31-,32-,33+,34-,35+,36+,37+,38+,39+,40+,41+,42-,43-,44-,45-,46-,47-,48-,49+/m1/s1. The molecule has 40 heteroatoms. The average molecular weight is 1310 g/mol. The Morgan fingerprint density at radius 2 is 0.528 bits per heavy atom. The molecule has 8 fully saturated rings. The quantitative estimate of drug-likeness (QED) is 0.0331. The molecule has 40 nitrogen and oxygen atoms in total. The predicted octanol–water partition coefficient (Wildman–Crippen LogP) is -17.0. The van der Waals surface area contributed by atoms with Crippen molar-refractivity contribution in [1.82, 2.24) is 0 Å². The fourth-order valence-electron chi connectivity index (χ4n) is 11.9. The number of hydrogen-bond acceptors (Lipinski definition) is 40. The Balaban J connectivity index is 1.10. The summed E-state index contributed by atoms with van der Waals surface area (Å²) in [6.07, 6.45) is -53.2. The average Bonchev–Trinajstić information content (AvgIpc) is 1.67. The van der Waals surface area contributed by atoms with Crippen LogP contribution in [0, 0.1) is 0 Å². The Morgan fingerprint density at radius 1 is 0.270 bits per heavy atom. The first kappa shape index (κ1) is 73.2. The van der Waals surface area contributed by atoms with Crippen molar-refractivity contribution in [3.05, 3.63) is 0 Å². The van der Waals surface area contributed by atoms with Crippen LogP contribution >= 0.6 is 0 Å². The maximum atomic E-state index is 12.2. The minimum atomic E-state index is -3.22. The third-order valence-electron chi connectivity index (χ3n) is 17.6. The zero-order valence-electron chi connectivity index (χ0n) is 47.4. The topological polar surface area (TPSA) is 644 Å².